The smallest absolute Gasteiger partial charge is 0.255 e. The van der Waals surface area contributed by atoms with Gasteiger partial charge in [0.2, 0.25) is 0 Å². The van der Waals surface area contributed by atoms with Gasteiger partial charge in [-0.3, -0.25) is 4.79 Å². The van der Waals surface area contributed by atoms with Gasteiger partial charge in [0.25, 0.3) is 5.91 Å². The first-order valence-corrected chi connectivity index (χ1v) is 6.70. The number of hydrogen-bond acceptors (Lipinski definition) is 3. The average Bonchev–Trinajstić information content (AvgIpc) is 2.37. The SMILES string of the molecule is CC(Cl)C(C)(C)NC(=O)c1cccc2c1OCCO2. The highest BCUT2D eigenvalue weighted by molar-refractivity contribution is 6.21. The average molecular weight is 284 g/mol. The highest BCUT2D eigenvalue weighted by Crippen LogP contribution is 2.33. The molecule has 1 aromatic rings. The maximum Gasteiger partial charge on any atom is 0.255 e. The van der Waals surface area contributed by atoms with Crippen molar-refractivity contribution in [1.82, 2.24) is 5.32 Å². The number of rotatable bonds is 3. The van der Waals surface area contributed by atoms with Crippen molar-refractivity contribution in [3.05, 3.63) is 23.8 Å². The van der Waals surface area contributed by atoms with Gasteiger partial charge in [-0.25, -0.2) is 0 Å². The summed E-state index contributed by atoms with van der Waals surface area (Å²) in [6.07, 6.45) is 0. The molecule has 1 aliphatic heterocycles. The van der Waals surface area contributed by atoms with Crippen LogP contribution in [0.1, 0.15) is 31.1 Å². The molecule has 1 aliphatic rings. The van der Waals surface area contributed by atoms with Crippen LogP contribution < -0.4 is 14.8 Å². The second-order valence-corrected chi connectivity index (χ2v) is 5.78. The van der Waals surface area contributed by atoms with Gasteiger partial charge in [-0.05, 0) is 32.9 Å². The molecule has 0 aromatic heterocycles. The topological polar surface area (TPSA) is 47.6 Å². The Morgan fingerprint density at radius 3 is 2.74 bits per heavy atom. The zero-order valence-corrected chi connectivity index (χ0v) is 12.1. The molecular formula is C14H18ClNO3. The van der Waals surface area contributed by atoms with Crippen LogP contribution in [0.5, 0.6) is 11.5 Å². The van der Waals surface area contributed by atoms with Crippen molar-refractivity contribution >= 4 is 17.5 Å². The second-order valence-electron chi connectivity index (χ2n) is 5.12. The number of carbonyl (C=O) groups is 1. The van der Waals surface area contributed by atoms with E-state index in [1.807, 2.05) is 20.8 Å². The van der Waals surface area contributed by atoms with Crippen LogP contribution in [0, 0.1) is 0 Å². The van der Waals surface area contributed by atoms with E-state index in [0.29, 0.717) is 30.3 Å². The standard InChI is InChI=1S/C14H18ClNO3/c1-9(15)14(2,3)16-13(17)10-5-4-6-11-12(10)19-8-7-18-11/h4-6,9H,7-8H2,1-3H3,(H,16,17). The third kappa shape index (κ3) is 2.95. The summed E-state index contributed by atoms with van der Waals surface area (Å²) in [7, 11) is 0. The molecule has 1 amide bonds. The number of fused-ring (bicyclic) bond motifs is 1. The molecule has 0 saturated carbocycles. The molecule has 0 spiro atoms. The maximum atomic E-state index is 12.3. The number of ether oxygens (including phenoxy) is 2. The van der Waals surface area contributed by atoms with Crippen molar-refractivity contribution in [3.63, 3.8) is 0 Å². The molecule has 0 fully saturated rings. The van der Waals surface area contributed by atoms with E-state index >= 15 is 0 Å². The number of nitrogens with one attached hydrogen (secondary N) is 1. The van der Waals surface area contributed by atoms with E-state index in [1.54, 1.807) is 18.2 Å². The Morgan fingerprint density at radius 1 is 1.37 bits per heavy atom. The molecule has 1 aromatic carbocycles. The Labute approximate surface area is 118 Å². The van der Waals surface area contributed by atoms with Crippen molar-refractivity contribution in [2.24, 2.45) is 0 Å². The largest absolute Gasteiger partial charge is 0.486 e. The van der Waals surface area contributed by atoms with Crippen molar-refractivity contribution in [1.29, 1.82) is 0 Å². The molecule has 0 saturated heterocycles. The first-order valence-electron chi connectivity index (χ1n) is 6.27. The van der Waals surface area contributed by atoms with Crippen LogP contribution in [0.3, 0.4) is 0 Å². The number of carbonyl (C=O) groups excluding carboxylic acids is 1. The van der Waals surface area contributed by atoms with Crippen LogP contribution in [0.4, 0.5) is 0 Å². The van der Waals surface area contributed by atoms with E-state index in [-0.39, 0.29) is 11.3 Å². The number of hydrogen-bond donors (Lipinski definition) is 1. The minimum Gasteiger partial charge on any atom is -0.486 e. The Balaban J connectivity index is 2.25. The number of halogens is 1. The van der Waals surface area contributed by atoms with E-state index < -0.39 is 5.54 Å². The van der Waals surface area contributed by atoms with Gasteiger partial charge in [0, 0.05) is 0 Å². The van der Waals surface area contributed by atoms with E-state index in [9.17, 15) is 4.79 Å². The Bertz CT molecular complexity index is 486. The molecule has 19 heavy (non-hydrogen) atoms. The second kappa shape index (κ2) is 5.29. The van der Waals surface area contributed by atoms with Crippen LogP contribution in [-0.4, -0.2) is 30.0 Å². The highest BCUT2D eigenvalue weighted by Gasteiger charge is 2.29. The summed E-state index contributed by atoms with van der Waals surface area (Å²) in [6, 6.07) is 5.29. The summed E-state index contributed by atoms with van der Waals surface area (Å²) in [4.78, 5) is 12.3. The summed E-state index contributed by atoms with van der Waals surface area (Å²) in [5.41, 5.74) is -0.0285. The fourth-order valence-electron chi connectivity index (χ4n) is 1.71. The van der Waals surface area contributed by atoms with Crippen LogP contribution >= 0.6 is 11.6 Å². The number of amides is 1. The first kappa shape index (κ1) is 14.0. The van der Waals surface area contributed by atoms with Crippen LogP contribution in [0.2, 0.25) is 0 Å². The number of para-hydroxylation sites is 1. The molecular weight excluding hydrogens is 266 g/mol. The van der Waals surface area contributed by atoms with E-state index in [2.05, 4.69) is 5.32 Å². The number of benzene rings is 1. The lowest BCUT2D eigenvalue weighted by Crippen LogP contribution is -2.49. The normalized spacial score (nSPS) is 15.8. The van der Waals surface area contributed by atoms with Crippen molar-refractivity contribution in [3.8, 4) is 11.5 Å². The van der Waals surface area contributed by atoms with Gasteiger partial charge in [0.1, 0.15) is 13.2 Å². The predicted molar refractivity (Wildman–Crippen MR) is 74.3 cm³/mol. The first-order chi connectivity index (χ1) is 8.92. The van der Waals surface area contributed by atoms with Gasteiger partial charge in [-0.15, -0.1) is 11.6 Å². The van der Waals surface area contributed by atoms with Crippen molar-refractivity contribution < 1.29 is 14.3 Å². The van der Waals surface area contributed by atoms with Gasteiger partial charge in [-0.2, -0.15) is 0 Å². The van der Waals surface area contributed by atoms with Gasteiger partial charge in [0.15, 0.2) is 11.5 Å². The summed E-state index contributed by atoms with van der Waals surface area (Å²) in [6.45, 7) is 6.57. The maximum absolute atomic E-state index is 12.3. The van der Waals surface area contributed by atoms with E-state index in [4.69, 9.17) is 21.1 Å². The lowest BCUT2D eigenvalue weighted by Gasteiger charge is -2.29. The van der Waals surface area contributed by atoms with Gasteiger partial charge in [0.05, 0.1) is 16.5 Å². The third-order valence-electron chi connectivity index (χ3n) is 3.24. The molecule has 104 valence electrons. The molecule has 1 N–H and O–H groups in total. The Kier molecular flexibility index (Phi) is 3.90. The fraction of sp³-hybridized carbons (Fsp3) is 0.500. The van der Waals surface area contributed by atoms with Crippen LogP contribution in [0.25, 0.3) is 0 Å². The fourth-order valence-corrected chi connectivity index (χ4v) is 1.77. The molecule has 4 nitrogen and oxygen atoms in total. The summed E-state index contributed by atoms with van der Waals surface area (Å²) >= 11 is 6.07. The van der Waals surface area contributed by atoms with E-state index in [1.165, 1.54) is 0 Å². The number of alkyl halides is 1. The van der Waals surface area contributed by atoms with Crippen molar-refractivity contribution in [2.45, 2.75) is 31.7 Å². The summed E-state index contributed by atoms with van der Waals surface area (Å²) < 4.78 is 11.0. The third-order valence-corrected chi connectivity index (χ3v) is 3.79. The lowest BCUT2D eigenvalue weighted by molar-refractivity contribution is 0.0901. The molecule has 0 aliphatic carbocycles. The van der Waals surface area contributed by atoms with Crippen LogP contribution in [0.15, 0.2) is 18.2 Å². The highest BCUT2D eigenvalue weighted by atomic mass is 35.5. The quantitative estimate of drug-likeness (QED) is 0.868. The van der Waals surface area contributed by atoms with Gasteiger partial charge >= 0.3 is 0 Å². The van der Waals surface area contributed by atoms with Gasteiger partial charge < -0.3 is 14.8 Å². The minimum atomic E-state index is -0.503. The molecule has 1 atom stereocenters. The zero-order valence-electron chi connectivity index (χ0n) is 11.3. The Hall–Kier alpha value is -1.42. The van der Waals surface area contributed by atoms with E-state index in [0.717, 1.165) is 0 Å². The zero-order chi connectivity index (χ0) is 14.0. The van der Waals surface area contributed by atoms with Crippen LogP contribution in [-0.2, 0) is 0 Å². The summed E-state index contributed by atoms with van der Waals surface area (Å²) in [5, 5.41) is 2.73. The van der Waals surface area contributed by atoms with Gasteiger partial charge in [-0.1, -0.05) is 6.07 Å². The Morgan fingerprint density at radius 2 is 2.05 bits per heavy atom. The molecule has 1 unspecified atom stereocenters. The molecule has 2 rings (SSSR count). The lowest BCUT2D eigenvalue weighted by atomic mass is 10.0. The molecule has 1 heterocycles. The molecule has 0 bridgehead atoms. The monoisotopic (exact) mass is 283 g/mol. The predicted octanol–water partition coefficient (Wildman–Crippen LogP) is 2.59. The summed E-state index contributed by atoms with van der Waals surface area (Å²) in [5.74, 6) is 0.903. The molecule has 5 heteroatoms. The minimum absolute atomic E-state index is 0.187. The van der Waals surface area contributed by atoms with Crippen molar-refractivity contribution in [2.75, 3.05) is 13.2 Å². The molecule has 0 radical (unpaired) electrons.